The molecule has 92 valence electrons. The summed E-state index contributed by atoms with van der Waals surface area (Å²) in [7, 11) is -3.03. The highest BCUT2D eigenvalue weighted by molar-refractivity contribution is 7.90. The Morgan fingerprint density at radius 2 is 1.94 bits per heavy atom. The quantitative estimate of drug-likeness (QED) is 0.803. The molecule has 0 amide bonds. The second-order valence-corrected chi connectivity index (χ2v) is 6.97. The monoisotopic (exact) mass is 252 g/mol. The highest BCUT2D eigenvalue weighted by atomic mass is 32.2. The third kappa shape index (κ3) is 3.40. The fourth-order valence-corrected chi connectivity index (χ4v) is 2.66. The van der Waals surface area contributed by atoms with E-state index >= 15 is 0 Å². The van der Waals surface area contributed by atoms with Crippen LogP contribution >= 0.6 is 0 Å². The summed E-state index contributed by atoms with van der Waals surface area (Å²) in [5.41, 5.74) is 1.19. The molecule has 0 N–H and O–H groups in total. The number of ketones is 1. The fourth-order valence-electron chi connectivity index (χ4n) is 2.09. The van der Waals surface area contributed by atoms with E-state index in [9.17, 15) is 13.2 Å². The highest BCUT2D eigenvalue weighted by Crippen LogP contribution is 2.48. The molecule has 17 heavy (non-hydrogen) atoms. The van der Waals surface area contributed by atoms with E-state index in [-0.39, 0.29) is 23.9 Å². The molecule has 0 heterocycles. The van der Waals surface area contributed by atoms with E-state index in [1.54, 1.807) is 0 Å². The Balaban J connectivity index is 1.89. The molecule has 4 heteroatoms. The Bertz CT molecular complexity index is 505. The normalized spacial score (nSPS) is 23.4. The number of hydrogen-bond acceptors (Lipinski definition) is 3. The first kappa shape index (κ1) is 12.3. The molecule has 1 fully saturated rings. The van der Waals surface area contributed by atoms with Crippen LogP contribution in [0.1, 0.15) is 24.3 Å². The van der Waals surface area contributed by atoms with Crippen molar-refractivity contribution in [1.82, 2.24) is 0 Å². The second-order valence-electron chi connectivity index (χ2n) is 4.71. The van der Waals surface area contributed by atoms with Gasteiger partial charge in [0, 0.05) is 18.6 Å². The lowest BCUT2D eigenvalue weighted by molar-refractivity contribution is -0.119. The second kappa shape index (κ2) is 4.61. The summed E-state index contributed by atoms with van der Waals surface area (Å²) in [5.74, 6) is 0.413. The summed E-state index contributed by atoms with van der Waals surface area (Å²) in [6.45, 7) is 0. The highest BCUT2D eigenvalue weighted by Gasteiger charge is 2.43. The van der Waals surface area contributed by atoms with Crippen LogP contribution in [0.2, 0.25) is 0 Å². The molecule has 0 aliphatic heterocycles. The first-order valence-corrected chi connectivity index (χ1v) is 7.79. The lowest BCUT2D eigenvalue weighted by atomic mass is 10.1. The third-order valence-corrected chi connectivity index (χ3v) is 4.10. The molecule has 2 unspecified atom stereocenters. The van der Waals surface area contributed by atoms with Gasteiger partial charge in [-0.25, -0.2) is 8.42 Å². The maximum absolute atomic E-state index is 11.8. The summed E-state index contributed by atoms with van der Waals surface area (Å²) >= 11 is 0. The van der Waals surface area contributed by atoms with Crippen molar-refractivity contribution >= 4 is 15.6 Å². The van der Waals surface area contributed by atoms with Crippen LogP contribution in [0.15, 0.2) is 30.3 Å². The van der Waals surface area contributed by atoms with Gasteiger partial charge in [-0.15, -0.1) is 0 Å². The number of rotatable bonds is 5. The Labute approximate surface area is 102 Å². The maximum atomic E-state index is 11.8. The zero-order valence-electron chi connectivity index (χ0n) is 9.80. The van der Waals surface area contributed by atoms with Crippen LogP contribution < -0.4 is 0 Å². The van der Waals surface area contributed by atoms with Gasteiger partial charge in [0.15, 0.2) is 0 Å². The Kier molecular flexibility index (Phi) is 3.33. The van der Waals surface area contributed by atoms with Gasteiger partial charge in [-0.3, -0.25) is 4.79 Å². The molecule has 1 aromatic carbocycles. The minimum atomic E-state index is -3.03. The van der Waals surface area contributed by atoms with Crippen LogP contribution in [-0.4, -0.2) is 26.2 Å². The standard InChI is InChI=1S/C13H16O3S/c1-17(15,16)8-7-13(14)12-9-11(12)10-5-3-2-4-6-10/h2-6,11-12H,7-9H2,1H3. The average Bonchev–Trinajstić information content (AvgIpc) is 3.06. The minimum absolute atomic E-state index is 0.0240. The van der Waals surface area contributed by atoms with E-state index in [1.165, 1.54) is 11.8 Å². The Morgan fingerprint density at radius 3 is 2.53 bits per heavy atom. The summed E-state index contributed by atoms with van der Waals surface area (Å²) in [6, 6.07) is 9.92. The van der Waals surface area contributed by atoms with Gasteiger partial charge >= 0.3 is 0 Å². The lowest BCUT2D eigenvalue weighted by Crippen LogP contribution is -2.11. The minimum Gasteiger partial charge on any atom is -0.299 e. The zero-order chi connectivity index (χ0) is 12.5. The average molecular weight is 252 g/mol. The molecule has 1 aromatic rings. The number of hydrogen-bond donors (Lipinski definition) is 0. The summed E-state index contributed by atoms with van der Waals surface area (Å²) in [6.07, 6.45) is 2.20. The molecule has 0 aromatic heterocycles. The predicted octanol–water partition coefficient (Wildman–Crippen LogP) is 1.79. The van der Waals surface area contributed by atoms with Gasteiger partial charge in [-0.05, 0) is 17.9 Å². The van der Waals surface area contributed by atoms with Crippen molar-refractivity contribution in [3.05, 3.63) is 35.9 Å². The number of benzene rings is 1. The van der Waals surface area contributed by atoms with Gasteiger partial charge in [0.25, 0.3) is 0 Å². The summed E-state index contributed by atoms with van der Waals surface area (Å²) in [4.78, 5) is 11.8. The van der Waals surface area contributed by atoms with Crippen molar-refractivity contribution in [3.63, 3.8) is 0 Å². The number of Topliss-reactive ketones (excluding diaryl/α,β-unsaturated/α-hetero) is 1. The molecule has 1 aliphatic rings. The van der Waals surface area contributed by atoms with Crippen molar-refractivity contribution in [1.29, 1.82) is 0 Å². The third-order valence-electron chi connectivity index (χ3n) is 3.15. The molecule has 0 saturated heterocycles. The molecule has 1 saturated carbocycles. The first-order chi connectivity index (χ1) is 7.97. The molecule has 0 spiro atoms. The van der Waals surface area contributed by atoms with Gasteiger partial charge in [0.2, 0.25) is 0 Å². The van der Waals surface area contributed by atoms with Crippen LogP contribution in [0, 0.1) is 5.92 Å². The van der Waals surface area contributed by atoms with Crippen molar-refractivity contribution in [2.75, 3.05) is 12.0 Å². The fraction of sp³-hybridized carbons (Fsp3) is 0.462. The van der Waals surface area contributed by atoms with Crippen molar-refractivity contribution in [2.24, 2.45) is 5.92 Å². The lowest BCUT2D eigenvalue weighted by Gasteiger charge is -2.00. The van der Waals surface area contributed by atoms with Crippen molar-refractivity contribution in [2.45, 2.75) is 18.8 Å². The molecule has 3 nitrogen and oxygen atoms in total. The zero-order valence-corrected chi connectivity index (χ0v) is 10.6. The van der Waals surface area contributed by atoms with Gasteiger partial charge < -0.3 is 0 Å². The predicted molar refractivity (Wildman–Crippen MR) is 66.6 cm³/mol. The molecule has 2 rings (SSSR count). The Morgan fingerprint density at radius 1 is 1.29 bits per heavy atom. The maximum Gasteiger partial charge on any atom is 0.147 e. The topological polar surface area (TPSA) is 51.2 Å². The molecular formula is C13H16O3S. The van der Waals surface area contributed by atoms with Crippen molar-refractivity contribution in [3.8, 4) is 0 Å². The van der Waals surface area contributed by atoms with Crippen LogP contribution in [0.25, 0.3) is 0 Å². The molecule has 0 radical (unpaired) electrons. The van der Waals surface area contributed by atoms with E-state index in [2.05, 4.69) is 0 Å². The smallest absolute Gasteiger partial charge is 0.147 e. The molecule has 0 bridgehead atoms. The first-order valence-electron chi connectivity index (χ1n) is 5.73. The van der Waals surface area contributed by atoms with E-state index in [1.807, 2.05) is 30.3 Å². The summed E-state index contributed by atoms with van der Waals surface area (Å²) in [5, 5.41) is 0. The number of sulfone groups is 1. The largest absolute Gasteiger partial charge is 0.299 e. The van der Waals surface area contributed by atoms with Crippen LogP contribution in [0.3, 0.4) is 0 Å². The van der Waals surface area contributed by atoms with Crippen molar-refractivity contribution < 1.29 is 13.2 Å². The van der Waals surface area contributed by atoms with Crippen LogP contribution in [0.5, 0.6) is 0 Å². The molecule has 2 atom stereocenters. The van der Waals surface area contributed by atoms with Crippen LogP contribution in [-0.2, 0) is 14.6 Å². The SMILES string of the molecule is CS(=O)(=O)CCC(=O)C1CC1c1ccccc1. The number of carbonyl (C=O) groups is 1. The van der Waals surface area contributed by atoms with Gasteiger partial charge in [-0.2, -0.15) is 0 Å². The van der Waals surface area contributed by atoms with E-state index in [0.717, 1.165) is 6.42 Å². The van der Waals surface area contributed by atoms with E-state index in [0.29, 0.717) is 5.92 Å². The van der Waals surface area contributed by atoms with Gasteiger partial charge in [-0.1, -0.05) is 30.3 Å². The van der Waals surface area contributed by atoms with Crippen LogP contribution in [0.4, 0.5) is 0 Å². The van der Waals surface area contributed by atoms with Gasteiger partial charge in [0.1, 0.15) is 15.6 Å². The van der Waals surface area contributed by atoms with Gasteiger partial charge in [0.05, 0.1) is 5.75 Å². The molecular weight excluding hydrogens is 236 g/mol. The Hall–Kier alpha value is -1.16. The van der Waals surface area contributed by atoms with E-state index < -0.39 is 9.84 Å². The summed E-state index contributed by atoms with van der Waals surface area (Å²) < 4.78 is 22.0. The molecule has 1 aliphatic carbocycles. The number of carbonyl (C=O) groups excluding carboxylic acids is 1. The van der Waals surface area contributed by atoms with E-state index in [4.69, 9.17) is 0 Å².